The maximum absolute atomic E-state index is 14.2. The fourth-order valence-corrected chi connectivity index (χ4v) is 5.93. The number of halogens is 2. The summed E-state index contributed by atoms with van der Waals surface area (Å²) >= 11 is 6.12. The van der Waals surface area contributed by atoms with Crippen molar-refractivity contribution in [3.63, 3.8) is 0 Å². The van der Waals surface area contributed by atoms with Crippen LogP contribution >= 0.6 is 11.6 Å². The molecule has 4 heteroatoms. The zero-order chi connectivity index (χ0) is 16.4. The fraction of sp³-hybridized carbons (Fsp3) is 0.632. The molecule has 5 atom stereocenters. The lowest BCUT2D eigenvalue weighted by Gasteiger charge is -2.49. The molecule has 0 heterocycles. The van der Waals surface area contributed by atoms with E-state index >= 15 is 0 Å². The van der Waals surface area contributed by atoms with Gasteiger partial charge in [-0.05, 0) is 79.5 Å². The highest BCUT2D eigenvalue weighted by atomic mass is 35.5. The van der Waals surface area contributed by atoms with Crippen LogP contribution in [0.3, 0.4) is 0 Å². The largest absolute Gasteiger partial charge is 0.506 e. The van der Waals surface area contributed by atoms with Crippen molar-refractivity contribution in [2.75, 3.05) is 0 Å². The topological polar surface area (TPSA) is 37.3 Å². The SMILES string of the molecule is CC[C@]12CCC3c4cc(Cl)c(O)cc4CCC3C1C[C@H](F)C2=O. The molecule has 1 aromatic rings. The van der Waals surface area contributed by atoms with Gasteiger partial charge in [0.2, 0.25) is 0 Å². The number of ketones is 1. The highest BCUT2D eigenvalue weighted by Gasteiger charge is 2.59. The molecule has 3 aliphatic rings. The van der Waals surface area contributed by atoms with Crippen LogP contribution in [-0.2, 0) is 11.2 Å². The van der Waals surface area contributed by atoms with E-state index in [0.29, 0.717) is 23.3 Å². The third-order valence-corrected chi connectivity index (χ3v) is 7.17. The number of rotatable bonds is 1. The average molecular weight is 337 g/mol. The van der Waals surface area contributed by atoms with E-state index in [0.717, 1.165) is 32.1 Å². The Kier molecular flexibility index (Phi) is 3.49. The zero-order valence-electron chi connectivity index (χ0n) is 13.3. The van der Waals surface area contributed by atoms with Crippen LogP contribution in [0.4, 0.5) is 4.39 Å². The summed E-state index contributed by atoms with van der Waals surface area (Å²) in [5, 5.41) is 10.2. The Labute approximate surface area is 141 Å². The molecule has 0 bridgehead atoms. The molecule has 4 rings (SSSR count). The van der Waals surface area contributed by atoms with Crippen molar-refractivity contribution in [2.24, 2.45) is 17.3 Å². The summed E-state index contributed by atoms with van der Waals surface area (Å²) in [4.78, 5) is 12.5. The second-order valence-corrected chi connectivity index (χ2v) is 7.94. The van der Waals surface area contributed by atoms with E-state index in [2.05, 4.69) is 0 Å². The molecule has 0 spiro atoms. The van der Waals surface area contributed by atoms with Crippen molar-refractivity contribution < 1.29 is 14.3 Å². The van der Waals surface area contributed by atoms with Gasteiger partial charge in [0.05, 0.1) is 5.02 Å². The maximum Gasteiger partial charge on any atom is 0.173 e. The quantitative estimate of drug-likeness (QED) is 0.799. The lowest BCUT2D eigenvalue weighted by atomic mass is 9.54. The first kappa shape index (κ1) is 15.4. The second-order valence-electron chi connectivity index (χ2n) is 7.53. The minimum atomic E-state index is -1.27. The molecule has 0 aliphatic heterocycles. The number of Topliss-reactive ketones (excluding diaryl/α,β-unsaturated/α-hetero) is 1. The number of carbonyl (C=O) groups is 1. The normalized spacial score (nSPS) is 38.8. The molecule has 0 amide bonds. The molecule has 2 nitrogen and oxygen atoms in total. The minimum absolute atomic E-state index is 0.141. The summed E-state index contributed by atoms with van der Waals surface area (Å²) < 4.78 is 14.2. The van der Waals surface area contributed by atoms with Crippen LogP contribution < -0.4 is 0 Å². The van der Waals surface area contributed by atoms with Gasteiger partial charge in [-0.25, -0.2) is 4.39 Å². The van der Waals surface area contributed by atoms with Crippen LogP contribution in [0.25, 0.3) is 0 Å². The first-order chi connectivity index (χ1) is 11.0. The molecule has 2 fully saturated rings. The lowest BCUT2D eigenvalue weighted by molar-refractivity contribution is -0.134. The van der Waals surface area contributed by atoms with Crippen LogP contribution in [0.5, 0.6) is 5.75 Å². The van der Waals surface area contributed by atoms with E-state index in [-0.39, 0.29) is 17.5 Å². The van der Waals surface area contributed by atoms with Crippen molar-refractivity contribution >= 4 is 17.4 Å². The molecule has 124 valence electrons. The number of hydrogen-bond acceptors (Lipinski definition) is 2. The molecule has 2 saturated carbocycles. The summed E-state index contributed by atoms with van der Waals surface area (Å²) in [6.07, 6.45) is 3.43. The van der Waals surface area contributed by atoms with Crippen LogP contribution in [-0.4, -0.2) is 17.1 Å². The van der Waals surface area contributed by atoms with Gasteiger partial charge in [0.1, 0.15) is 5.75 Å². The Morgan fingerprint density at radius 3 is 2.91 bits per heavy atom. The van der Waals surface area contributed by atoms with E-state index in [1.165, 1.54) is 11.1 Å². The maximum atomic E-state index is 14.2. The van der Waals surface area contributed by atoms with Gasteiger partial charge in [-0.3, -0.25) is 4.79 Å². The molecule has 0 saturated heterocycles. The standard InChI is InChI=1S/C19H22ClFO2/c1-2-19-6-5-11-12(14(19)9-16(21)18(19)23)4-3-10-7-17(22)15(20)8-13(10)11/h7-8,11-12,14,16,22H,2-6,9H2,1H3/t11?,12?,14?,16-,19-/m0/s1. The molecule has 0 aromatic heterocycles. The molecular weight excluding hydrogens is 315 g/mol. The molecular formula is C19H22ClFO2. The van der Waals surface area contributed by atoms with E-state index < -0.39 is 11.6 Å². The number of hydrogen-bond donors (Lipinski definition) is 1. The number of benzene rings is 1. The van der Waals surface area contributed by atoms with Crippen molar-refractivity contribution in [2.45, 2.75) is 57.5 Å². The minimum Gasteiger partial charge on any atom is -0.506 e. The number of phenols is 1. The average Bonchev–Trinajstić information content (AvgIpc) is 2.80. The Bertz CT molecular complexity index is 674. The van der Waals surface area contributed by atoms with E-state index in [9.17, 15) is 14.3 Å². The van der Waals surface area contributed by atoms with Gasteiger partial charge in [0.15, 0.2) is 12.0 Å². The first-order valence-corrected chi connectivity index (χ1v) is 9.05. The summed E-state index contributed by atoms with van der Waals surface area (Å²) in [7, 11) is 0. The number of carbonyl (C=O) groups excluding carboxylic acids is 1. The van der Waals surface area contributed by atoms with E-state index in [1.807, 2.05) is 13.0 Å². The van der Waals surface area contributed by atoms with Crippen molar-refractivity contribution in [1.82, 2.24) is 0 Å². The number of phenolic OH excluding ortho intramolecular Hbond substituents is 1. The summed E-state index contributed by atoms with van der Waals surface area (Å²) in [5.74, 6) is 0.871. The Morgan fingerprint density at radius 1 is 1.39 bits per heavy atom. The third-order valence-electron chi connectivity index (χ3n) is 6.87. The molecule has 0 radical (unpaired) electrons. The second kappa shape index (κ2) is 5.20. The Hall–Kier alpha value is -1.09. The molecule has 23 heavy (non-hydrogen) atoms. The highest BCUT2D eigenvalue weighted by Crippen LogP contribution is 2.61. The third kappa shape index (κ3) is 2.02. The van der Waals surface area contributed by atoms with Crippen LogP contribution in [0.15, 0.2) is 12.1 Å². The zero-order valence-corrected chi connectivity index (χ0v) is 14.1. The van der Waals surface area contributed by atoms with Gasteiger partial charge < -0.3 is 5.11 Å². The van der Waals surface area contributed by atoms with Gasteiger partial charge in [-0.2, -0.15) is 0 Å². The smallest absolute Gasteiger partial charge is 0.173 e. The molecule has 1 N–H and O–H groups in total. The number of alkyl halides is 1. The Morgan fingerprint density at radius 2 is 2.17 bits per heavy atom. The highest BCUT2D eigenvalue weighted by molar-refractivity contribution is 6.32. The van der Waals surface area contributed by atoms with Crippen molar-refractivity contribution in [3.05, 3.63) is 28.3 Å². The van der Waals surface area contributed by atoms with E-state index in [4.69, 9.17) is 11.6 Å². The summed E-state index contributed by atoms with van der Waals surface area (Å²) in [5.41, 5.74) is 1.94. The van der Waals surface area contributed by atoms with Crippen molar-refractivity contribution in [3.8, 4) is 5.75 Å². The summed E-state index contributed by atoms with van der Waals surface area (Å²) in [6, 6.07) is 3.68. The number of fused-ring (bicyclic) bond motifs is 5. The number of aromatic hydroxyl groups is 1. The van der Waals surface area contributed by atoms with Gasteiger partial charge in [-0.1, -0.05) is 18.5 Å². The molecule has 3 aliphatic carbocycles. The first-order valence-electron chi connectivity index (χ1n) is 8.67. The fourth-order valence-electron chi connectivity index (χ4n) is 5.76. The van der Waals surface area contributed by atoms with Gasteiger partial charge in [0.25, 0.3) is 0 Å². The van der Waals surface area contributed by atoms with Gasteiger partial charge in [-0.15, -0.1) is 0 Å². The molecule has 3 unspecified atom stereocenters. The lowest BCUT2D eigenvalue weighted by Crippen LogP contribution is -2.44. The van der Waals surface area contributed by atoms with Crippen LogP contribution in [0.2, 0.25) is 5.02 Å². The van der Waals surface area contributed by atoms with Gasteiger partial charge >= 0.3 is 0 Å². The van der Waals surface area contributed by atoms with Crippen LogP contribution in [0, 0.1) is 17.3 Å². The van der Waals surface area contributed by atoms with Gasteiger partial charge in [0, 0.05) is 5.41 Å². The van der Waals surface area contributed by atoms with Crippen LogP contribution in [0.1, 0.15) is 56.1 Å². The molecule has 1 aromatic carbocycles. The summed E-state index contributed by atoms with van der Waals surface area (Å²) in [6.45, 7) is 2.04. The van der Waals surface area contributed by atoms with E-state index in [1.54, 1.807) is 6.07 Å². The predicted molar refractivity (Wildman–Crippen MR) is 87.6 cm³/mol. The monoisotopic (exact) mass is 336 g/mol. The Balaban J connectivity index is 1.75. The van der Waals surface area contributed by atoms with Crippen molar-refractivity contribution in [1.29, 1.82) is 0 Å². The predicted octanol–water partition coefficient (Wildman–Crippen LogP) is 4.81. The number of aryl methyl sites for hydroxylation is 1.